The predicted molar refractivity (Wildman–Crippen MR) is 50.6 cm³/mol. The lowest BCUT2D eigenvalue weighted by atomic mass is 10.2. The summed E-state index contributed by atoms with van der Waals surface area (Å²) >= 11 is 0. The lowest BCUT2D eigenvalue weighted by Crippen LogP contribution is -2.48. The Hall–Kier alpha value is -1.34. The average molecular weight is 220 g/mol. The van der Waals surface area contributed by atoms with E-state index in [-0.39, 0.29) is 6.54 Å². The van der Waals surface area contributed by atoms with E-state index in [1.165, 1.54) is 0 Å². The summed E-state index contributed by atoms with van der Waals surface area (Å²) in [6, 6.07) is -1.23. The van der Waals surface area contributed by atoms with Gasteiger partial charge in [0.25, 0.3) is 0 Å². The number of hydroxylamine groups is 1. The van der Waals surface area contributed by atoms with Crippen LogP contribution >= 0.6 is 0 Å². The first-order chi connectivity index (χ1) is 6.76. The Labute approximate surface area is 87.4 Å². The van der Waals surface area contributed by atoms with E-state index in [0.29, 0.717) is 0 Å². The standard InChI is InChI=1S/C8H16N2O5/c1-8(2,3)15-7(13)10-5(4-9-14)6(11)12/h5,9,14H,4H2,1-3H3,(H,10,13)(H,11,12)/t5-/m0/s1. The van der Waals surface area contributed by atoms with Crippen LogP contribution in [-0.2, 0) is 9.53 Å². The van der Waals surface area contributed by atoms with Gasteiger partial charge in [-0.2, -0.15) is 0 Å². The largest absolute Gasteiger partial charge is 0.480 e. The number of amides is 1. The first-order valence-corrected chi connectivity index (χ1v) is 4.35. The van der Waals surface area contributed by atoms with Gasteiger partial charge >= 0.3 is 12.1 Å². The van der Waals surface area contributed by atoms with Gasteiger partial charge in [-0.05, 0) is 20.8 Å². The molecule has 0 bridgehead atoms. The highest BCUT2D eigenvalue weighted by Crippen LogP contribution is 2.06. The molecule has 0 saturated heterocycles. The summed E-state index contributed by atoms with van der Waals surface area (Å²) in [5, 5.41) is 19.0. The minimum absolute atomic E-state index is 0.297. The van der Waals surface area contributed by atoms with Gasteiger partial charge in [0.05, 0.1) is 6.54 Å². The molecule has 0 aromatic heterocycles. The predicted octanol–water partition coefficient (Wildman–Crippen LogP) is -0.0569. The fraction of sp³-hybridized carbons (Fsp3) is 0.750. The number of carboxylic acids is 1. The molecule has 0 heterocycles. The zero-order chi connectivity index (χ0) is 12.1. The molecule has 0 rings (SSSR count). The van der Waals surface area contributed by atoms with Gasteiger partial charge in [0, 0.05) is 0 Å². The maximum absolute atomic E-state index is 11.1. The first kappa shape index (κ1) is 13.7. The molecule has 0 aromatic carbocycles. The number of aliphatic carboxylic acids is 1. The van der Waals surface area contributed by atoms with E-state index in [1.54, 1.807) is 26.3 Å². The minimum Gasteiger partial charge on any atom is -0.480 e. The molecule has 0 unspecified atom stereocenters. The van der Waals surface area contributed by atoms with Gasteiger partial charge in [0.1, 0.15) is 11.6 Å². The summed E-state index contributed by atoms with van der Waals surface area (Å²) < 4.78 is 4.84. The molecule has 88 valence electrons. The SMILES string of the molecule is CC(C)(C)OC(=O)N[C@@H](CNO)C(=O)O. The molecule has 0 spiro atoms. The smallest absolute Gasteiger partial charge is 0.408 e. The quantitative estimate of drug-likeness (QED) is 0.494. The van der Waals surface area contributed by atoms with E-state index in [1.807, 2.05) is 0 Å². The molecule has 0 fully saturated rings. The summed E-state index contributed by atoms with van der Waals surface area (Å²) in [6.07, 6.45) is -0.842. The zero-order valence-corrected chi connectivity index (χ0v) is 8.90. The topological polar surface area (TPSA) is 108 Å². The van der Waals surface area contributed by atoms with Gasteiger partial charge in [-0.1, -0.05) is 0 Å². The average Bonchev–Trinajstić information content (AvgIpc) is 1.99. The molecule has 1 atom stereocenters. The molecule has 0 aliphatic carbocycles. The van der Waals surface area contributed by atoms with Crippen molar-refractivity contribution in [2.45, 2.75) is 32.4 Å². The second-order valence-electron chi connectivity index (χ2n) is 3.90. The first-order valence-electron chi connectivity index (χ1n) is 4.35. The van der Waals surface area contributed by atoms with Crippen LogP contribution in [0.1, 0.15) is 20.8 Å². The molecule has 0 saturated carbocycles. The Kier molecular flexibility index (Phi) is 5.03. The van der Waals surface area contributed by atoms with Crippen molar-refractivity contribution in [1.29, 1.82) is 0 Å². The fourth-order valence-electron chi connectivity index (χ4n) is 0.741. The van der Waals surface area contributed by atoms with Gasteiger partial charge in [-0.3, -0.25) is 0 Å². The van der Waals surface area contributed by atoms with E-state index in [4.69, 9.17) is 15.1 Å². The molecule has 7 heteroatoms. The van der Waals surface area contributed by atoms with E-state index in [9.17, 15) is 9.59 Å². The Balaban J connectivity index is 4.18. The summed E-state index contributed by atoms with van der Waals surface area (Å²) in [4.78, 5) is 21.7. The number of alkyl carbamates (subject to hydrolysis) is 1. The number of ether oxygens (including phenoxy) is 1. The Bertz CT molecular complexity index is 236. The molecule has 0 aliphatic heterocycles. The van der Waals surface area contributed by atoms with Crippen LogP contribution in [0.5, 0.6) is 0 Å². The molecule has 1 amide bonds. The van der Waals surface area contributed by atoms with Crippen molar-refractivity contribution < 1.29 is 24.6 Å². The Morgan fingerprint density at radius 1 is 1.40 bits per heavy atom. The maximum Gasteiger partial charge on any atom is 0.408 e. The van der Waals surface area contributed by atoms with Gasteiger partial charge in [-0.15, -0.1) is 0 Å². The molecular weight excluding hydrogens is 204 g/mol. The number of carbonyl (C=O) groups is 2. The van der Waals surface area contributed by atoms with Gasteiger partial charge in [0.15, 0.2) is 0 Å². The van der Waals surface area contributed by atoms with Gasteiger partial charge in [0.2, 0.25) is 0 Å². The lowest BCUT2D eigenvalue weighted by molar-refractivity contribution is -0.139. The third kappa shape index (κ3) is 6.69. The van der Waals surface area contributed by atoms with E-state index >= 15 is 0 Å². The maximum atomic E-state index is 11.1. The van der Waals surface area contributed by atoms with Crippen molar-refractivity contribution >= 4 is 12.1 Å². The fourth-order valence-corrected chi connectivity index (χ4v) is 0.741. The normalized spacial score (nSPS) is 13.1. The van der Waals surface area contributed by atoms with Crippen molar-refractivity contribution in [3.05, 3.63) is 0 Å². The molecule has 15 heavy (non-hydrogen) atoms. The van der Waals surface area contributed by atoms with Crippen LogP contribution < -0.4 is 10.8 Å². The molecule has 0 radical (unpaired) electrons. The highest BCUT2D eigenvalue weighted by molar-refractivity contribution is 5.80. The van der Waals surface area contributed by atoms with E-state index in [2.05, 4.69) is 5.32 Å². The lowest BCUT2D eigenvalue weighted by Gasteiger charge is -2.21. The van der Waals surface area contributed by atoms with Crippen LogP contribution in [0, 0.1) is 0 Å². The molecule has 0 aliphatic rings. The third-order valence-electron chi connectivity index (χ3n) is 1.28. The Morgan fingerprint density at radius 3 is 2.27 bits per heavy atom. The number of carbonyl (C=O) groups excluding carboxylic acids is 1. The van der Waals surface area contributed by atoms with Crippen LogP contribution in [0.15, 0.2) is 0 Å². The highest BCUT2D eigenvalue weighted by Gasteiger charge is 2.23. The van der Waals surface area contributed by atoms with Gasteiger partial charge in [-0.25, -0.2) is 15.1 Å². The van der Waals surface area contributed by atoms with Crippen molar-refractivity contribution in [1.82, 2.24) is 10.8 Å². The second-order valence-corrected chi connectivity index (χ2v) is 3.90. The summed E-state index contributed by atoms with van der Waals surface area (Å²) in [7, 11) is 0. The molecular formula is C8H16N2O5. The van der Waals surface area contributed by atoms with Crippen LogP contribution in [0.4, 0.5) is 4.79 Å². The summed E-state index contributed by atoms with van der Waals surface area (Å²) in [5.74, 6) is -1.26. The van der Waals surface area contributed by atoms with E-state index < -0.39 is 23.7 Å². The van der Waals surface area contributed by atoms with Crippen LogP contribution in [0.3, 0.4) is 0 Å². The number of rotatable bonds is 4. The molecule has 7 nitrogen and oxygen atoms in total. The number of hydrogen-bond donors (Lipinski definition) is 4. The minimum atomic E-state index is -1.26. The Morgan fingerprint density at radius 2 is 1.93 bits per heavy atom. The van der Waals surface area contributed by atoms with Crippen molar-refractivity contribution in [2.24, 2.45) is 0 Å². The number of carboxylic acid groups (broad SMARTS) is 1. The third-order valence-corrected chi connectivity index (χ3v) is 1.28. The second kappa shape index (κ2) is 5.52. The van der Waals surface area contributed by atoms with Crippen LogP contribution in [0.2, 0.25) is 0 Å². The van der Waals surface area contributed by atoms with Crippen LogP contribution in [-0.4, -0.2) is 40.6 Å². The summed E-state index contributed by atoms with van der Waals surface area (Å²) in [5.41, 5.74) is 0.972. The summed E-state index contributed by atoms with van der Waals surface area (Å²) in [6.45, 7) is 4.68. The van der Waals surface area contributed by atoms with Crippen molar-refractivity contribution in [3.63, 3.8) is 0 Å². The van der Waals surface area contributed by atoms with Crippen molar-refractivity contribution in [3.8, 4) is 0 Å². The van der Waals surface area contributed by atoms with Crippen LogP contribution in [0.25, 0.3) is 0 Å². The zero-order valence-electron chi connectivity index (χ0n) is 8.90. The van der Waals surface area contributed by atoms with E-state index in [0.717, 1.165) is 0 Å². The monoisotopic (exact) mass is 220 g/mol. The molecule has 4 N–H and O–H groups in total. The van der Waals surface area contributed by atoms with Gasteiger partial charge < -0.3 is 20.4 Å². The molecule has 0 aromatic rings. The number of hydrogen-bond acceptors (Lipinski definition) is 5. The highest BCUT2D eigenvalue weighted by atomic mass is 16.6. The van der Waals surface area contributed by atoms with Crippen molar-refractivity contribution in [2.75, 3.05) is 6.54 Å². The number of nitrogens with one attached hydrogen (secondary N) is 2.